The molecule has 1 aliphatic rings. The van der Waals surface area contributed by atoms with Crippen molar-refractivity contribution in [3.05, 3.63) is 48.5 Å². The largest absolute Gasteiger partial charge is 0.316 e. The number of pyridine rings is 2. The monoisotopic (exact) mass is 279 g/mol. The minimum Gasteiger partial charge on any atom is -0.316 e. The van der Waals surface area contributed by atoms with Gasteiger partial charge in [-0.3, -0.25) is 4.57 Å². The Morgan fingerprint density at radius 3 is 2.90 bits per heavy atom. The smallest absolute Gasteiger partial charge is 0.165 e. The van der Waals surface area contributed by atoms with Crippen molar-refractivity contribution in [3.8, 4) is 5.82 Å². The zero-order valence-electron chi connectivity index (χ0n) is 11.7. The minimum absolute atomic E-state index is 0.643. The lowest BCUT2D eigenvalue weighted by Crippen LogP contribution is -2.13. The first kappa shape index (κ1) is 12.5. The molecule has 0 aromatic carbocycles. The molecule has 0 aliphatic carbocycles. The summed E-state index contributed by atoms with van der Waals surface area (Å²) >= 11 is 0. The van der Waals surface area contributed by atoms with Gasteiger partial charge >= 0.3 is 0 Å². The molecule has 106 valence electrons. The molecule has 0 amide bonds. The lowest BCUT2D eigenvalue weighted by Gasteiger charge is -2.10. The van der Waals surface area contributed by atoms with Crippen LogP contribution < -0.4 is 5.32 Å². The standard InChI is InChI=1S/C16H17N5/c1-2-7-18-14(5-1)21-15(10-12-6-9-17-11-12)20-13-4-3-8-19-16(13)21/h1-5,7-8,12,17H,6,9-11H2. The summed E-state index contributed by atoms with van der Waals surface area (Å²) < 4.78 is 2.09. The zero-order valence-corrected chi connectivity index (χ0v) is 11.7. The number of nitrogens with one attached hydrogen (secondary N) is 1. The molecule has 1 saturated heterocycles. The van der Waals surface area contributed by atoms with Gasteiger partial charge in [0.2, 0.25) is 0 Å². The Labute approximate surface area is 123 Å². The average molecular weight is 279 g/mol. The summed E-state index contributed by atoms with van der Waals surface area (Å²) in [5.41, 5.74) is 1.82. The average Bonchev–Trinajstić information content (AvgIpc) is 3.15. The third kappa shape index (κ3) is 2.29. The Kier molecular flexibility index (Phi) is 3.12. The number of rotatable bonds is 3. The molecule has 5 heteroatoms. The van der Waals surface area contributed by atoms with Gasteiger partial charge in [0.25, 0.3) is 0 Å². The molecular weight excluding hydrogens is 262 g/mol. The summed E-state index contributed by atoms with van der Waals surface area (Å²) in [5, 5.41) is 3.42. The van der Waals surface area contributed by atoms with Crippen LogP contribution in [0.3, 0.4) is 0 Å². The van der Waals surface area contributed by atoms with Crippen LogP contribution >= 0.6 is 0 Å². The van der Waals surface area contributed by atoms with E-state index in [0.29, 0.717) is 5.92 Å². The van der Waals surface area contributed by atoms with Gasteiger partial charge in [0.15, 0.2) is 5.65 Å². The van der Waals surface area contributed by atoms with Gasteiger partial charge in [-0.1, -0.05) is 6.07 Å². The van der Waals surface area contributed by atoms with Crippen LogP contribution in [0.1, 0.15) is 12.2 Å². The highest BCUT2D eigenvalue weighted by Gasteiger charge is 2.20. The van der Waals surface area contributed by atoms with Crippen LogP contribution in [0.15, 0.2) is 42.7 Å². The summed E-state index contributed by atoms with van der Waals surface area (Å²) in [6.45, 7) is 2.17. The number of nitrogens with zero attached hydrogens (tertiary/aromatic N) is 4. The quantitative estimate of drug-likeness (QED) is 0.796. The first-order chi connectivity index (χ1) is 10.4. The van der Waals surface area contributed by atoms with E-state index in [1.807, 2.05) is 42.7 Å². The molecule has 1 aliphatic heterocycles. The second-order valence-electron chi connectivity index (χ2n) is 5.46. The third-order valence-electron chi connectivity index (χ3n) is 4.00. The van der Waals surface area contributed by atoms with E-state index in [1.54, 1.807) is 0 Å². The van der Waals surface area contributed by atoms with Crippen molar-refractivity contribution < 1.29 is 0 Å². The predicted molar refractivity (Wildman–Crippen MR) is 81.3 cm³/mol. The molecule has 4 rings (SSSR count). The first-order valence-corrected chi connectivity index (χ1v) is 7.36. The van der Waals surface area contributed by atoms with Crippen LogP contribution in [0.25, 0.3) is 17.0 Å². The summed E-state index contributed by atoms with van der Waals surface area (Å²) in [7, 11) is 0. The number of hydrogen-bond donors (Lipinski definition) is 1. The summed E-state index contributed by atoms with van der Waals surface area (Å²) in [6, 6.07) is 9.87. The minimum atomic E-state index is 0.643. The molecule has 1 unspecified atom stereocenters. The molecule has 21 heavy (non-hydrogen) atoms. The normalized spacial score (nSPS) is 18.4. The van der Waals surface area contributed by atoms with Crippen molar-refractivity contribution in [2.45, 2.75) is 12.8 Å². The van der Waals surface area contributed by atoms with Crippen LogP contribution in [0.2, 0.25) is 0 Å². The SMILES string of the molecule is c1ccc(-n2c(CC3CCNC3)nc3cccnc32)nc1. The van der Waals surface area contributed by atoms with Gasteiger partial charge in [-0.15, -0.1) is 0 Å². The maximum atomic E-state index is 4.79. The molecule has 0 radical (unpaired) electrons. The number of hydrogen-bond acceptors (Lipinski definition) is 4. The van der Waals surface area contributed by atoms with Gasteiger partial charge in [0, 0.05) is 18.8 Å². The van der Waals surface area contributed by atoms with Crippen molar-refractivity contribution in [1.82, 2.24) is 24.8 Å². The molecule has 3 aromatic rings. The zero-order chi connectivity index (χ0) is 14.1. The lowest BCUT2D eigenvalue weighted by atomic mass is 10.0. The van der Waals surface area contributed by atoms with Gasteiger partial charge < -0.3 is 5.32 Å². The van der Waals surface area contributed by atoms with E-state index >= 15 is 0 Å². The van der Waals surface area contributed by atoms with Crippen LogP contribution in [0.4, 0.5) is 0 Å². The van der Waals surface area contributed by atoms with E-state index in [4.69, 9.17) is 4.98 Å². The Morgan fingerprint density at radius 1 is 1.14 bits per heavy atom. The Bertz CT molecular complexity index is 744. The second kappa shape index (κ2) is 5.26. The van der Waals surface area contributed by atoms with Crippen LogP contribution in [-0.4, -0.2) is 32.6 Å². The maximum Gasteiger partial charge on any atom is 0.165 e. The summed E-state index contributed by atoms with van der Waals surface area (Å²) in [5.74, 6) is 2.58. The topological polar surface area (TPSA) is 55.6 Å². The van der Waals surface area contributed by atoms with Gasteiger partial charge in [-0.05, 0) is 49.7 Å². The third-order valence-corrected chi connectivity index (χ3v) is 4.00. The van der Waals surface area contributed by atoms with Crippen LogP contribution in [0.5, 0.6) is 0 Å². The van der Waals surface area contributed by atoms with E-state index < -0.39 is 0 Å². The molecule has 1 N–H and O–H groups in total. The molecule has 4 heterocycles. The number of fused-ring (bicyclic) bond motifs is 1. The van der Waals surface area contributed by atoms with Crippen molar-refractivity contribution >= 4 is 11.2 Å². The summed E-state index contributed by atoms with van der Waals surface area (Å²) in [4.78, 5) is 13.8. The Hall–Kier alpha value is -2.27. The number of imidazole rings is 1. The highest BCUT2D eigenvalue weighted by atomic mass is 15.2. The molecule has 5 nitrogen and oxygen atoms in total. The molecule has 1 fully saturated rings. The van der Waals surface area contributed by atoms with Gasteiger partial charge in [0.1, 0.15) is 17.2 Å². The maximum absolute atomic E-state index is 4.79. The second-order valence-corrected chi connectivity index (χ2v) is 5.46. The van der Waals surface area contributed by atoms with Crippen LogP contribution in [-0.2, 0) is 6.42 Å². The van der Waals surface area contributed by atoms with Crippen molar-refractivity contribution in [3.63, 3.8) is 0 Å². The first-order valence-electron chi connectivity index (χ1n) is 7.36. The van der Waals surface area contributed by atoms with Gasteiger partial charge in [0.05, 0.1) is 0 Å². The predicted octanol–water partition coefficient (Wildman–Crippen LogP) is 1.97. The fourth-order valence-corrected chi connectivity index (χ4v) is 2.97. The van der Waals surface area contributed by atoms with E-state index in [1.165, 1.54) is 6.42 Å². The fourth-order valence-electron chi connectivity index (χ4n) is 2.97. The van der Waals surface area contributed by atoms with Gasteiger partial charge in [-0.2, -0.15) is 0 Å². The van der Waals surface area contributed by atoms with E-state index in [-0.39, 0.29) is 0 Å². The van der Waals surface area contributed by atoms with Crippen molar-refractivity contribution in [1.29, 1.82) is 0 Å². The van der Waals surface area contributed by atoms with E-state index in [0.717, 1.165) is 42.3 Å². The van der Waals surface area contributed by atoms with Crippen LogP contribution in [0, 0.1) is 5.92 Å². The summed E-state index contributed by atoms with van der Waals surface area (Å²) in [6.07, 6.45) is 5.79. The van der Waals surface area contributed by atoms with E-state index in [9.17, 15) is 0 Å². The molecule has 0 saturated carbocycles. The fraction of sp³-hybridized carbons (Fsp3) is 0.312. The highest BCUT2D eigenvalue weighted by Crippen LogP contribution is 2.22. The van der Waals surface area contributed by atoms with Gasteiger partial charge in [-0.25, -0.2) is 15.0 Å². The van der Waals surface area contributed by atoms with Crippen molar-refractivity contribution in [2.24, 2.45) is 5.92 Å². The molecule has 1 atom stereocenters. The Balaban J connectivity index is 1.84. The number of aromatic nitrogens is 4. The molecular formula is C16H17N5. The molecule has 0 bridgehead atoms. The van der Waals surface area contributed by atoms with Crippen molar-refractivity contribution in [2.75, 3.05) is 13.1 Å². The van der Waals surface area contributed by atoms with E-state index in [2.05, 4.69) is 19.9 Å². The highest BCUT2D eigenvalue weighted by molar-refractivity contribution is 5.73. The molecule has 0 spiro atoms. The molecule has 3 aromatic heterocycles. The Morgan fingerprint density at radius 2 is 2.10 bits per heavy atom. The lowest BCUT2D eigenvalue weighted by molar-refractivity contribution is 0.557.